The van der Waals surface area contributed by atoms with Crippen molar-refractivity contribution in [2.75, 3.05) is 43.1 Å². The van der Waals surface area contributed by atoms with Crippen molar-refractivity contribution in [1.82, 2.24) is 0 Å². The van der Waals surface area contributed by atoms with Gasteiger partial charge in [-0.05, 0) is 0 Å². The number of rotatable bonds is 7. The molecule has 0 saturated heterocycles. The van der Waals surface area contributed by atoms with E-state index < -0.39 is 76.5 Å². The van der Waals surface area contributed by atoms with E-state index in [4.69, 9.17) is 0 Å². The number of nitrogens with one attached hydrogen (secondary N) is 1. The fourth-order valence-electron chi connectivity index (χ4n) is 4.27. The molecule has 0 atom stereocenters. The number of benzene rings is 4. The topological polar surface area (TPSA) is 30.9 Å². The molecule has 216 valence electrons. The van der Waals surface area contributed by atoms with Crippen LogP contribution in [-0.4, -0.2) is 28.2 Å². The molecule has 0 spiro atoms. The number of hydrogen-bond acceptors (Lipinski definition) is 3. The number of hydrogen-bond donors (Lipinski definition) is 1. The molecule has 0 unspecified atom stereocenters. The number of nitrogens with zero attached hydrogens (tertiary/aromatic N) is 3. The molecule has 13 heteroatoms. The Morgan fingerprint density at radius 2 is 0.902 bits per heavy atom. The highest BCUT2D eigenvalue weighted by Crippen LogP contribution is 2.55. The van der Waals surface area contributed by atoms with Crippen LogP contribution < -0.4 is 25.5 Å². The van der Waals surface area contributed by atoms with Crippen LogP contribution in [0.25, 0.3) is 0 Å². The summed E-state index contributed by atoms with van der Waals surface area (Å²) in [5.41, 5.74) is -3.37. The Kier molecular flexibility index (Phi) is 8.35. The standard InChI is InChI=1S/C28H23F8N4P/c1-39(2)27-23(35)19(31)17(29)21(33)25(27)37-41(15-11-7-5-8-12-15,16-13-9-6-10-14-16)38-26-22(34)18(30)20(32)24(36)28(26)40(3)4/h5-14,37H,1-4H3. The van der Waals surface area contributed by atoms with Crippen molar-refractivity contribution in [1.29, 1.82) is 0 Å². The maximum Gasteiger partial charge on any atom is 0.199 e. The fourth-order valence-corrected chi connectivity index (χ4v) is 7.32. The van der Waals surface area contributed by atoms with E-state index >= 15 is 17.6 Å². The van der Waals surface area contributed by atoms with Crippen molar-refractivity contribution in [3.8, 4) is 0 Å². The third kappa shape index (κ3) is 5.12. The zero-order chi connectivity index (χ0) is 30.2. The van der Waals surface area contributed by atoms with Gasteiger partial charge in [0, 0.05) is 38.8 Å². The molecule has 4 rings (SSSR count). The van der Waals surface area contributed by atoms with Gasteiger partial charge in [0.2, 0.25) is 0 Å². The average molecular weight is 598 g/mol. The molecule has 0 radical (unpaired) electrons. The van der Waals surface area contributed by atoms with Crippen LogP contribution >= 0.6 is 7.21 Å². The predicted molar refractivity (Wildman–Crippen MR) is 146 cm³/mol. The second-order valence-corrected chi connectivity index (χ2v) is 12.0. The van der Waals surface area contributed by atoms with Crippen LogP contribution in [0.15, 0.2) is 65.4 Å². The minimum atomic E-state index is -4.01. The Balaban J connectivity index is 2.27. The second-order valence-electron chi connectivity index (χ2n) is 9.24. The van der Waals surface area contributed by atoms with Crippen LogP contribution in [0.3, 0.4) is 0 Å². The Hall–Kier alpha value is -4.05. The minimum Gasteiger partial charge on any atom is -0.373 e. The number of halogens is 8. The Labute approximate surface area is 231 Å². The summed E-state index contributed by atoms with van der Waals surface area (Å²) >= 11 is 0. The SMILES string of the molecule is CN(C)c1c(F)c(F)c(F)c(F)c1N=P(Nc1c(F)c(F)c(F)c(F)c1N(C)C)(c1ccccc1)c1ccccc1. The van der Waals surface area contributed by atoms with Gasteiger partial charge >= 0.3 is 0 Å². The fraction of sp³-hybridized carbons (Fsp3) is 0.143. The smallest absolute Gasteiger partial charge is 0.199 e. The zero-order valence-electron chi connectivity index (χ0n) is 22.1. The van der Waals surface area contributed by atoms with Gasteiger partial charge in [0.25, 0.3) is 0 Å². The summed E-state index contributed by atoms with van der Waals surface area (Å²) < 4.78 is 123. The summed E-state index contributed by atoms with van der Waals surface area (Å²) in [6, 6.07) is 15.3. The minimum absolute atomic E-state index is 0.190. The molecule has 0 fully saturated rings. The quantitative estimate of drug-likeness (QED) is 0.104. The third-order valence-corrected chi connectivity index (χ3v) is 9.28. The summed E-state index contributed by atoms with van der Waals surface area (Å²) in [4.78, 5) is 1.95. The highest BCUT2D eigenvalue weighted by Gasteiger charge is 2.35. The van der Waals surface area contributed by atoms with Crippen molar-refractivity contribution >= 4 is 40.6 Å². The largest absolute Gasteiger partial charge is 0.373 e. The maximum atomic E-state index is 15.5. The summed E-state index contributed by atoms with van der Waals surface area (Å²) in [6.07, 6.45) is 0. The van der Waals surface area contributed by atoms with Gasteiger partial charge < -0.3 is 14.9 Å². The molecule has 0 saturated carbocycles. The lowest BCUT2D eigenvalue weighted by molar-refractivity contribution is 0.411. The van der Waals surface area contributed by atoms with Gasteiger partial charge in [-0.25, -0.2) is 39.9 Å². The van der Waals surface area contributed by atoms with Crippen LogP contribution in [0.5, 0.6) is 0 Å². The van der Waals surface area contributed by atoms with Gasteiger partial charge in [-0.15, -0.1) is 0 Å². The molecule has 0 aliphatic rings. The molecule has 0 amide bonds. The van der Waals surface area contributed by atoms with E-state index in [2.05, 4.69) is 9.83 Å². The molecule has 1 N–H and O–H groups in total. The molecule has 0 aliphatic carbocycles. The highest BCUT2D eigenvalue weighted by atomic mass is 31.2. The van der Waals surface area contributed by atoms with Gasteiger partial charge in [-0.2, -0.15) is 0 Å². The number of anilines is 3. The van der Waals surface area contributed by atoms with Crippen molar-refractivity contribution < 1.29 is 35.1 Å². The first kappa shape index (κ1) is 29.9. The molecule has 0 heterocycles. The van der Waals surface area contributed by atoms with Crippen molar-refractivity contribution in [3.05, 3.63) is 107 Å². The molecule has 4 nitrogen and oxygen atoms in total. The van der Waals surface area contributed by atoms with Crippen LogP contribution in [0, 0.1) is 46.5 Å². The molecular formula is C28H23F8N4P. The normalized spacial score (nSPS) is 11.4. The first-order valence-electron chi connectivity index (χ1n) is 11.9. The first-order chi connectivity index (χ1) is 19.3. The maximum absolute atomic E-state index is 15.5. The molecule has 0 aliphatic heterocycles. The van der Waals surface area contributed by atoms with Crippen molar-refractivity contribution in [2.24, 2.45) is 4.74 Å². The molecular weight excluding hydrogens is 575 g/mol. The van der Waals surface area contributed by atoms with Crippen LogP contribution in [0.1, 0.15) is 0 Å². The average Bonchev–Trinajstić information content (AvgIpc) is 2.96. The van der Waals surface area contributed by atoms with E-state index in [0.717, 1.165) is 9.80 Å². The molecule has 4 aromatic carbocycles. The predicted octanol–water partition coefficient (Wildman–Crippen LogP) is 7.44. The molecule has 0 bridgehead atoms. The summed E-state index contributed by atoms with van der Waals surface area (Å²) in [5.74, 6) is -15.6. The van der Waals surface area contributed by atoms with Gasteiger partial charge in [0.15, 0.2) is 46.5 Å². The summed E-state index contributed by atoms with van der Waals surface area (Å²) in [6.45, 7) is 0. The lowest BCUT2D eigenvalue weighted by Gasteiger charge is -2.31. The molecule has 4 aromatic rings. The van der Waals surface area contributed by atoms with E-state index in [1.165, 1.54) is 76.7 Å². The second kappa shape index (κ2) is 11.4. The van der Waals surface area contributed by atoms with E-state index in [9.17, 15) is 17.6 Å². The van der Waals surface area contributed by atoms with Crippen LogP contribution in [-0.2, 0) is 0 Å². The monoisotopic (exact) mass is 598 g/mol. The highest BCUT2D eigenvalue weighted by molar-refractivity contribution is 7.82. The Morgan fingerprint density at radius 3 is 1.34 bits per heavy atom. The molecule has 41 heavy (non-hydrogen) atoms. The summed E-state index contributed by atoms with van der Waals surface area (Å²) in [7, 11) is 0.958. The van der Waals surface area contributed by atoms with Crippen LogP contribution in [0.2, 0.25) is 0 Å². The lowest BCUT2D eigenvalue weighted by atomic mass is 10.2. The van der Waals surface area contributed by atoms with Crippen molar-refractivity contribution in [2.45, 2.75) is 0 Å². The molecule has 0 aromatic heterocycles. The van der Waals surface area contributed by atoms with Gasteiger partial charge in [0.1, 0.15) is 30.0 Å². The zero-order valence-corrected chi connectivity index (χ0v) is 23.0. The Bertz CT molecular complexity index is 1620. The van der Waals surface area contributed by atoms with Gasteiger partial charge in [-0.1, -0.05) is 60.7 Å². The Morgan fingerprint density at radius 1 is 0.512 bits per heavy atom. The van der Waals surface area contributed by atoms with Crippen molar-refractivity contribution in [3.63, 3.8) is 0 Å². The van der Waals surface area contributed by atoms with E-state index in [0.29, 0.717) is 0 Å². The third-order valence-electron chi connectivity index (χ3n) is 6.14. The van der Waals surface area contributed by atoms with Gasteiger partial charge in [-0.3, -0.25) is 0 Å². The van der Waals surface area contributed by atoms with E-state index in [1.807, 2.05) is 0 Å². The van der Waals surface area contributed by atoms with E-state index in [1.54, 1.807) is 12.1 Å². The van der Waals surface area contributed by atoms with Gasteiger partial charge in [0.05, 0.1) is 0 Å². The first-order valence-corrected chi connectivity index (χ1v) is 13.7. The lowest BCUT2D eigenvalue weighted by Crippen LogP contribution is -2.25. The van der Waals surface area contributed by atoms with E-state index in [-0.39, 0.29) is 10.6 Å². The van der Waals surface area contributed by atoms with Crippen LogP contribution in [0.4, 0.5) is 57.9 Å². The summed E-state index contributed by atoms with van der Waals surface area (Å²) in [5, 5.41) is 3.08.